The molecule has 0 radical (unpaired) electrons. The van der Waals surface area contributed by atoms with Gasteiger partial charge in [0.05, 0.1) is 6.42 Å². The minimum atomic E-state index is -1.19. The molecular formula is C10H14O8. The highest BCUT2D eigenvalue weighted by molar-refractivity contribution is 6.00. The fourth-order valence-corrected chi connectivity index (χ4v) is 0.716. The van der Waals surface area contributed by atoms with Gasteiger partial charge in [0.25, 0.3) is 0 Å². The number of carbonyl (C=O) groups is 5. The monoisotopic (exact) mass is 262 g/mol. The van der Waals surface area contributed by atoms with Gasteiger partial charge in [-0.3, -0.25) is 19.2 Å². The standard InChI is InChI=1S/C5H8O4.C5H6O4/c2*6-2-1-4(7)3-5(8)9/h6H,1-3H2,(H,8,9);2H,1,3H2,(H,8,9). The number of hydrogen-bond donors (Lipinski definition) is 3. The zero-order valence-corrected chi connectivity index (χ0v) is 9.50. The number of aldehydes is 1. The van der Waals surface area contributed by atoms with Gasteiger partial charge in [-0.1, -0.05) is 0 Å². The van der Waals surface area contributed by atoms with Gasteiger partial charge in [0, 0.05) is 13.0 Å². The molecular weight excluding hydrogens is 248 g/mol. The molecule has 0 rings (SSSR count). The van der Waals surface area contributed by atoms with Crippen LogP contribution in [-0.4, -0.2) is 51.7 Å². The Labute approximate surface area is 102 Å². The van der Waals surface area contributed by atoms with Crippen LogP contribution in [0, 0.1) is 0 Å². The molecule has 0 aromatic heterocycles. The van der Waals surface area contributed by atoms with E-state index in [1.54, 1.807) is 0 Å². The van der Waals surface area contributed by atoms with E-state index in [0.717, 1.165) is 0 Å². The third-order valence-corrected chi connectivity index (χ3v) is 1.40. The molecule has 8 nitrogen and oxygen atoms in total. The highest BCUT2D eigenvalue weighted by Crippen LogP contribution is 1.87. The van der Waals surface area contributed by atoms with Crippen LogP contribution in [0.4, 0.5) is 0 Å². The molecule has 3 N–H and O–H groups in total. The number of Topliss-reactive ketones (excluding diaryl/α,β-unsaturated/α-hetero) is 2. The van der Waals surface area contributed by atoms with Crippen LogP contribution in [0.25, 0.3) is 0 Å². The Morgan fingerprint density at radius 2 is 1.33 bits per heavy atom. The Kier molecular flexibility index (Phi) is 11.6. The Hall–Kier alpha value is -2.09. The number of aliphatic carboxylic acids is 2. The second-order valence-electron chi connectivity index (χ2n) is 3.06. The highest BCUT2D eigenvalue weighted by Gasteiger charge is 2.05. The molecule has 18 heavy (non-hydrogen) atoms. The number of hydrogen-bond acceptors (Lipinski definition) is 6. The lowest BCUT2D eigenvalue weighted by Crippen LogP contribution is -2.07. The van der Waals surface area contributed by atoms with Crippen molar-refractivity contribution in [3.8, 4) is 0 Å². The van der Waals surface area contributed by atoms with E-state index in [-0.39, 0.29) is 19.4 Å². The number of ketones is 2. The van der Waals surface area contributed by atoms with Crippen LogP contribution in [0.3, 0.4) is 0 Å². The van der Waals surface area contributed by atoms with Crippen LogP contribution in [0.2, 0.25) is 0 Å². The Bertz CT molecular complexity index is 320. The van der Waals surface area contributed by atoms with E-state index in [1.807, 2.05) is 0 Å². The second kappa shape index (κ2) is 11.4. The molecule has 0 saturated carbocycles. The summed E-state index contributed by atoms with van der Waals surface area (Å²) in [5.41, 5.74) is 0. The van der Waals surface area contributed by atoms with E-state index < -0.39 is 36.3 Å². The van der Waals surface area contributed by atoms with Gasteiger partial charge in [0.1, 0.15) is 24.9 Å². The lowest BCUT2D eigenvalue weighted by Gasteiger charge is -1.90. The summed E-state index contributed by atoms with van der Waals surface area (Å²) in [6.07, 6.45) is -1.01. The number of carboxylic acid groups (broad SMARTS) is 2. The van der Waals surface area contributed by atoms with E-state index >= 15 is 0 Å². The van der Waals surface area contributed by atoms with E-state index in [1.165, 1.54) is 0 Å². The van der Waals surface area contributed by atoms with E-state index in [0.29, 0.717) is 6.29 Å². The van der Waals surface area contributed by atoms with Crippen LogP contribution in [0.15, 0.2) is 0 Å². The highest BCUT2D eigenvalue weighted by atomic mass is 16.4. The summed E-state index contributed by atoms with van der Waals surface area (Å²) < 4.78 is 0. The molecule has 0 fully saturated rings. The smallest absolute Gasteiger partial charge is 0.310 e. The van der Waals surface area contributed by atoms with Gasteiger partial charge < -0.3 is 20.1 Å². The van der Waals surface area contributed by atoms with Crippen molar-refractivity contribution in [2.24, 2.45) is 0 Å². The maximum Gasteiger partial charge on any atom is 0.310 e. The first kappa shape index (κ1) is 18.3. The third kappa shape index (κ3) is 16.3. The fourth-order valence-electron chi connectivity index (χ4n) is 0.716. The van der Waals surface area contributed by atoms with E-state index in [2.05, 4.69) is 0 Å². The summed E-state index contributed by atoms with van der Waals surface area (Å²) in [6.45, 7) is -0.272. The van der Waals surface area contributed by atoms with Crippen LogP contribution < -0.4 is 0 Å². The SMILES string of the molecule is O=C(O)CC(=O)CCO.O=CCC(=O)CC(=O)O. The van der Waals surface area contributed by atoms with Crippen molar-refractivity contribution in [3.05, 3.63) is 0 Å². The molecule has 0 atom stereocenters. The first-order valence-electron chi connectivity index (χ1n) is 4.85. The summed E-state index contributed by atoms with van der Waals surface area (Å²) in [4.78, 5) is 49.7. The van der Waals surface area contributed by atoms with Gasteiger partial charge in [-0.2, -0.15) is 0 Å². The van der Waals surface area contributed by atoms with Crippen LogP contribution in [0.5, 0.6) is 0 Å². The van der Waals surface area contributed by atoms with Crippen LogP contribution in [0.1, 0.15) is 25.7 Å². The Morgan fingerprint density at radius 3 is 1.67 bits per heavy atom. The molecule has 0 amide bonds. The summed E-state index contributed by atoms with van der Waals surface area (Å²) in [5.74, 6) is -3.34. The molecule has 0 unspecified atom stereocenters. The van der Waals surface area contributed by atoms with Gasteiger partial charge in [-0.25, -0.2) is 0 Å². The minimum absolute atomic E-state index is 0.0632. The first-order valence-corrected chi connectivity index (χ1v) is 4.85. The van der Waals surface area contributed by atoms with Gasteiger partial charge in [-0.05, 0) is 0 Å². The number of aliphatic hydroxyl groups is 1. The normalized spacial score (nSPS) is 8.72. The quantitative estimate of drug-likeness (QED) is 0.374. The number of carboxylic acids is 2. The summed E-state index contributed by atoms with van der Waals surface area (Å²) in [5, 5.41) is 24.1. The van der Waals surface area contributed by atoms with E-state index in [4.69, 9.17) is 15.3 Å². The summed E-state index contributed by atoms with van der Waals surface area (Å²) in [6, 6.07) is 0. The van der Waals surface area contributed by atoms with Crippen molar-refractivity contribution < 1.29 is 39.3 Å². The molecule has 0 bridgehead atoms. The molecule has 0 saturated heterocycles. The molecule has 0 aromatic rings. The van der Waals surface area contributed by atoms with Crippen LogP contribution in [-0.2, 0) is 24.0 Å². The van der Waals surface area contributed by atoms with Gasteiger partial charge in [0.15, 0.2) is 5.78 Å². The molecule has 0 aromatic carbocycles. The number of carbonyl (C=O) groups excluding carboxylic acids is 3. The molecule has 0 heterocycles. The topological polar surface area (TPSA) is 146 Å². The van der Waals surface area contributed by atoms with E-state index in [9.17, 15) is 24.0 Å². The third-order valence-electron chi connectivity index (χ3n) is 1.40. The van der Waals surface area contributed by atoms with Crippen LogP contribution >= 0.6 is 0 Å². The van der Waals surface area contributed by atoms with Crippen molar-refractivity contribution in [2.45, 2.75) is 25.7 Å². The summed E-state index contributed by atoms with van der Waals surface area (Å²) in [7, 11) is 0. The van der Waals surface area contributed by atoms with Crippen molar-refractivity contribution >= 4 is 29.8 Å². The second-order valence-corrected chi connectivity index (χ2v) is 3.06. The summed E-state index contributed by atoms with van der Waals surface area (Å²) >= 11 is 0. The fraction of sp³-hybridized carbons (Fsp3) is 0.500. The molecule has 0 aliphatic carbocycles. The van der Waals surface area contributed by atoms with Gasteiger partial charge >= 0.3 is 11.9 Å². The maximum atomic E-state index is 10.3. The van der Waals surface area contributed by atoms with Crippen molar-refractivity contribution in [3.63, 3.8) is 0 Å². The van der Waals surface area contributed by atoms with Crippen molar-refractivity contribution in [2.75, 3.05) is 6.61 Å². The average Bonchev–Trinajstić information content (AvgIpc) is 2.16. The number of aliphatic hydroxyl groups excluding tert-OH is 1. The average molecular weight is 262 g/mol. The zero-order valence-electron chi connectivity index (χ0n) is 9.50. The Morgan fingerprint density at radius 1 is 0.889 bits per heavy atom. The number of rotatable bonds is 8. The first-order chi connectivity index (χ1) is 8.33. The largest absolute Gasteiger partial charge is 0.481 e. The predicted octanol–water partition coefficient (Wildman–Crippen LogP) is -0.968. The van der Waals surface area contributed by atoms with Crippen molar-refractivity contribution in [1.29, 1.82) is 0 Å². The molecule has 8 heteroatoms. The molecule has 0 spiro atoms. The molecule has 102 valence electrons. The lowest BCUT2D eigenvalue weighted by molar-refractivity contribution is -0.142. The van der Waals surface area contributed by atoms with Crippen molar-refractivity contribution in [1.82, 2.24) is 0 Å². The molecule has 0 aliphatic rings. The predicted molar refractivity (Wildman–Crippen MR) is 56.9 cm³/mol. The Balaban J connectivity index is 0. The van der Waals surface area contributed by atoms with Gasteiger partial charge in [0.2, 0.25) is 0 Å². The lowest BCUT2D eigenvalue weighted by atomic mass is 10.2. The zero-order chi connectivity index (χ0) is 14.6. The minimum Gasteiger partial charge on any atom is -0.481 e. The van der Waals surface area contributed by atoms with Gasteiger partial charge in [-0.15, -0.1) is 0 Å². The molecule has 0 aliphatic heterocycles. The maximum absolute atomic E-state index is 10.3.